The number of benzene rings is 1. The maximum absolute atomic E-state index is 12.8. The summed E-state index contributed by atoms with van der Waals surface area (Å²) in [4.78, 5) is 56.6. The first-order chi connectivity index (χ1) is 18.0. The number of aromatic amines is 1. The van der Waals surface area contributed by atoms with Gasteiger partial charge in [0, 0.05) is 30.1 Å². The van der Waals surface area contributed by atoms with Crippen LogP contribution >= 0.6 is 0 Å². The topological polar surface area (TPSA) is 231 Å². The lowest BCUT2D eigenvalue weighted by Crippen LogP contribution is -2.53. The third-order valence-corrected chi connectivity index (χ3v) is 5.80. The Kier molecular flexibility index (Phi) is 11.5. The number of aliphatic imine (C=N–C) groups is 1. The van der Waals surface area contributed by atoms with Crippen LogP contribution in [0.2, 0.25) is 0 Å². The summed E-state index contributed by atoms with van der Waals surface area (Å²) >= 11 is 0. The number of nitrogens with one attached hydrogen (secondary N) is 4. The Balaban J connectivity index is 1.98. The average Bonchev–Trinajstić information content (AvgIpc) is 3.26. The summed E-state index contributed by atoms with van der Waals surface area (Å²) in [5, 5.41) is 18.0. The van der Waals surface area contributed by atoms with Crippen molar-refractivity contribution in [3.8, 4) is 0 Å². The minimum Gasteiger partial charge on any atom is -0.480 e. The standard InChI is InChI=1S/C25H38N8O5/c1-14(2)10-17(26)22(35)33-19(8-5-9-29-25(27)28)23(36)31-13-21(34)32-20(24(37)38)11-15-12-30-18-7-4-3-6-16(15)18/h3-4,6-7,12,14,17,19-20,30H,5,8-11,13,26H2,1-2H3,(H,31,36)(H,32,34)(H,33,35)(H,37,38)(H4,27,28,29). The number of carboxylic acid groups (broad SMARTS) is 1. The maximum atomic E-state index is 12.8. The number of H-pyrrole nitrogens is 1. The van der Waals surface area contributed by atoms with Gasteiger partial charge in [-0.3, -0.25) is 19.4 Å². The van der Waals surface area contributed by atoms with Gasteiger partial charge in [-0.15, -0.1) is 0 Å². The predicted octanol–water partition coefficient (Wildman–Crippen LogP) is -0.692. The molecule has 13 nitrogen and oxygen atoms in total. The highest BCUT2D eigenvalue weighted by Crippen LogP contribution is 2.19. The van der Waals surface area contributed by atoms with Crippen LogP contribution in [0.5, 0.6) is 0 Å². The molecule has 0 saturated heterocycles. The zero-order valence-corrected chi connectivity index (χ0v) is 21.7. The Morgan fingerprint density at radius 2 is 1.76 bits per heavy atom. The van der Waals surface area contributed by atoms with Gasteiger partial charge in [-0.25, -0.2) is 4.79 Å². The van der Waals surface area contributed by atoms with Gasteiger partial charge in [0.25, 0.3) is 0 Å². The fraction of sp³-hybridized carbons (Fsp3) is 0.480. The van der Waals surface area contributed by atoms with E-state index in [1.807, 2.05) is 38.1 Å². The second-order valence-corrected chi connectivity index (χ2v) is 9.49. The third kappa shape index (κ3) is 9.73. The molecule has 1 heterocycles. The number of para-hydroxylation sites is 1. The van der Waals surface area contributed by atoms with Crippen molar-refractivity contribution in [1.82, 2.24) is 20.9 Å². The zero-order chi connectivity index (χ0) is 28.2. The lowest BCUT2D eigenvalue weighted by molar-refractivity contribution is -0.141. The number of amides is 3. The van der Waals surface area contributed by atoms with E-state index in [2.05, 4.69) is 25.9 Å². The fourth-order valence-electron chi connectivity index (χ4n) is 3.92. The first-order valence-corrected chi connectivity index (χ1v) is 12.4. The number of aromatic nitrogens is 1. The molecule has 11 N–H and O–H groups in total. The van der Waals surface area contributed by atoms with Crippen molar-refractivity contribution in [2.24, 2.45) is 28.1 Å². The Hall–Kier alpha value is -4.13. The second-order valence-electron chi connectivity index (χ2n) is 9.49. The van der Waals surface area contributed by atoms with Crippen molar-refractivity contribution in [3.05, 3.63) is 36.0 Å². The largest absolute Gasteiger partial charge is 0.480 e. The van der Waals surface area contributed by atoms with Crippen molar-refractivity contribution in [3.63, 3.8) is 0 Å². The number of rotatable bonds is 15. The van der Waals surface area contributed by atoms with Crippen LogP contribution in [0.4, 0.5) is 0 Å². The van der Waals surface area contributed by atoms with Crippen molar-refractivity contribution < 1.29 is 24.3 Å². The molecule has 0 spiro atoms. The average molecular weight is 531 g/mol. The van der Waals surface area contributed by atoms with Gasteiger partial charge in [-0.05, 0) is 36.8 Å². The molecule has 0 aliphatic heterocycles. The number of carbonyl (C=O) groups excluding carboxylic acids is 3. The SMILES string of the molecule is CC(C)CC(N)C(=O)NC(CCCN=C(N)N)C(=O)NCC(=O)NC(Cc1c[nH]c2ccccc12)C(=O)O. The minimum atomic E-state index is -1.21. The van der Waals surface area contributed by atoms with Gasteiger partial charge in [0.1, 0.15) is 12.1 Å². The highest BCUT2D eigenvalue weighted by Gasteiger charge is 2.26. The van der Waals surface area contributed by atoms with Crippen LogP contribution in [0.3, 0.4) is 0 Å². The summed E-state index contributed by atoms with van der Waals surface area (Å²) in [7, 11) is 0. The summed E-state index contributed by atoms with van der Waals surface area (Å²) in [5.41, 5.74) is 18.2. The van der Waals surface area contributed by atoms with Gasteiger partial charge in [0.2, 0.25) is 17.7 Å². The zero-order valence-electron chi connectivity index (χ0n) is 21.7. The fourth-order valence-corrected chi connectivity index (χ4v) is 3.92. The molecule has 208 valence electrons. The number of aliphatic carboxylic acids is 1. The number of nitrogens with two attached hydrogens (primary N) is 3. The van der Waals surface area contributed by atoms with Crippen LogP contribution in [0.1, 0.15) is 38.7 Å². The van der Waals surface area contributed by atoms with E-state index in [1.165, 1.54) is 0 Å². The van der Waals surface area contributed by atoms with Gasteiger partial charge in [0.05, 0.1) is 12.6 Å². The van der Waals surface area contributed by atoms with Gasteiger partial charge in [0.15, 0.2) is 5.96 Å². The van der Waals surface area contributed by atoms with Crippen molar-refractivity contribution in [2.75, 3.05) is 13.1 Å². The molecule has 0 aliphatic carbocycles. The van der Waals surface area contributed by atoms with E-state index >= 15 is 0 Å². The molecule has 38 heavy (non-hydrogen) atoms. The van der Waals surface area contributed by atoms with E-state index in [-0.39, 0.29) is 31.3 Å². The van der Waals surface area contributed by atoms with E-state index in [0.29, 0.717) is 12.8 Å². The van der Waals surface area contributed by atoms with E-state index in [1.54, 1.807) is 6.20 Å². The summed E-state index contributed by atoms with van der Waals surface area (Å²) < 4.78 is 0. The number of hydrogen-bond acceptors (Lipinski definition) is 6. The molecule has 0 radical (unpaired) electrons. The van der Waals surface area contributed by atoms with Gasteiger partial charge >= 0.3 is 5.97 Å². The first kappa shape index (κ1) is 30.1. The van der Waals surface area contributed by atoms with Gasteiger partial charge < -0.3 is 43.2 Å². The van der Waals surface area contributed by atoms with Crippen molar-refractivity contribution in [2.45, 2.75) is 57.7 Å². The summed E-state index contributed by atoms with van der Waals surface area (Å²) in [6, 6.07) is 4.43. The summed E-state index contributed by atoms with van der Waals surface area (Å²) in [5.74, 6) is -2.91. The molecule has 0 bridgehead atoms. The minimum absolute atomic E-state index is 0.0518. The van der Waals surface area contributed by atoms with E-state index in [4.69, 9.17) is 17.2 Å². The molecular formula is C25H38N8O5. The van der Waals surface area contributed by atoms with Crippen LogP contribution in [0.15, 0.2) is 35.5 Å². The lowest BCUT2D eigenvalue weighted by Gasteiger charge is -2.21. The van der Waals surface area contributed by atoms with E-state index < -0.39 is 48.4 Å². The van der Waals surface area contributed by atoms with Crippen LogP contribution in [0.25, 0.3) is 10.9 Å². The molecule has 3 atom stereocenters. The van der Waals surface area contributed by atoms with Gasteiger partial charge in [-0.1, -0.05) is 32.0 Å². The van der Waals surface area contributed by atoms with Gasteiger partial charge in [-0.2, -0.15) is 0 Å². The molecule has 3 unspecified atom stereocenters. The molecule has 2 rings (SSSR count). The Bertz CT molecular complexity index is 1140. The monoisotopic (exact) mass is 530 g/mol. The molecule has 0 saturated carbocycles. The molecule has 2 aromatic rings. The molecular weight excluding hydrogens is 492 g/mol. The molecule has 3 amide bonds. The number of guanidine groups is 1. The number of fused-ring (bicyclic) bond motifs is 1. The summed E-state index contributed by atoms with van der Waals surface area (Å²) in [6.07, 6.45) is 2.77. The van der Waals surface area contributed by atoms with Crippen LogP contribution in [0, 0.1) is 5.92 Å². The summed E-state index contributed by atoms with van der Waals surface area (Å²) in [6.45, 7) is 3.62. The van der Waals surface area contributed by atoms with Crippen LogP contribution in [-0.2, 0) is 25.6 Å². The van der Waals surface area contributed by atoms with E-state index in [0.717, 1.165) is 16.5 Å². The molecule has 0 aliphatic rings. The number of nitrogens with zero attached hydrogens (tertiary/aromatic N) is 1. The first-order valence-electron chi connectivity index (χ1n) is 12.4. The van der Waals surface area contributed by atoms with Crippen molar-refractivity contribution >= 4 is 40.6 Å². The normalized spacial score (nSPS) is 13.4. The molecule has 1 aromatic heterocycles. The number of carboxylic acids is 1. The Morgan fingerprint density at radius 1 is 1.05 bits per heavy atom. The van der Waals surface area contributed by atoms with Crippen LogP contribution in [-0.4, -0.2) is 71.0 Å². The Morgan fingerprint density at radius 3 is 2.42 bits per heavy atom. The van der Waals surface area contributed by atoms with Crippen molar-refractivity contribution in [1.29, 1.82) is 0 Å². The number of hydrogen-bond donors (Lipinski definition) is 8. The van der Waals surface area contributed by atoms with Crippen LogP contribution < -0.4 is 33.2 Å². The predicted molar refractivity (Wildman–Crippen MR) is 144 cm³/mol. The highest BCUT2D eigenvalue weighted by molar-refractivity contribution is 5.93. The number of carbonyl (C=O) groups is 4. The molecule has 1 aromatic carbocycles. The highest BCUT2D eigenvalue weighted by atomic mass is 16.4. The lowest BCUT2D eigenvalue weighted by atomic mass is 10.0. The Labute approximate surface area is 221 Å². The maximum Gasteiger partial charge on any atom is 0.326 e. The second kappa shape index (κ2) is 14.6. The molecule has 13 heteroatoms. The molecule has 0 fully saturated rings. The quantitative estimate of drug-likeness (QED) is 0.0832. The van der Waals surface area contributed by atoms with E-state index in [9.17, 15) is 24.3 Å². The smallest absolute Gasteiger partial charge is 0.326 e. The third-order valence-electron chi connectivity index (χ3n) is 5.80.